The van der Waals surface area contributed by atoms with Crippen LogP contribution in [0.15, 0.2) is 18.6 Å². The zero-order valence-corrected chi connectivity index (χ0v) is 12.0. The Bertz CT molecular complexity index is 500. The van der Waals surface area contributed by atoms with Gasteiger partial charge in [-0.15, -0.1) is 12.4 Å². The van der Waals surface area contributed by atoms with E-state index in [0.29, 0.717) is 6.04 Å². The molecule has 100 valence electrons. The van der Waals surface area contributed by atoms with Gasteiger partial charge < -0.3 is 5.32 Å². The van der Waals surface area contributed by atoms with Crippen LogP contribution in [0.4, 0.5) is 5.69 Å². The van der Waals surface area contributed by atoms with E-state index in [2.05, 4.69) is 35.6 Å². The van der Waals surface area contributed by atoms with Gasteiger partial charge in [-0.25, -0.2) is 0 Å². The summed E-state index contributed by atoms with van der Waals surface area (Å²) in [7, 11) is 1.91. The minimum atomic E-state index is 0. The number of nitrogens with one attached hydrogen (secondary N) is 1. The normalized spacial score (nSPS) is 10.5. The van der Waals surface area contributed by atoms with Crippen molar-refractivity contribution >= 4 is 18.1 Å². The lowest BCUT2D eigenvalue weighted by Gasteiger charge is -2.03. The zero-order chi connectivity index (χ0) is 12.4. The largest absolute Gasteiger partial charge is 0.378 e. The molecular weight excluding hydrogens is 250 g/mol. The van der Waals surface area contributed by atoms with Gasteiger partial charge in [0.05, 0.1) is 17.6 Å². The van der Waals surface area contributed by atoms with E-state index < -0.39 is 0 Å². The Morgan fingerprint density at radius 3 is 2.56 bits per heavy atom. The van der Waals surface area contributed by atoms with Gasteiger partial charge in [-0.05, 0) is 20.8 Å². The highest BCUT2D eigenvalue weighted by molar-refractivity contribution is 5.85. The van der Waals surface area contributed by atoms with Crippen molar-refractivity contribution in [3.63, 3.8) is 0 Å². The first-order valence-electron chi connectivity index (χ1n) is 5.83. The van der Waals surface area contributed by atoms with Crippen LogP contribution in [-0.4, -0.2) is 19.6 Å². The molecule has 2 aromatic heterocycles. The van der Waals surface area contributed by atoms with E-state index in [1.54, 1.807) is 4.68 Å². The lowest BCUT2D eigenvalue weighted by molar-refractivity contribution is 0.529. The third-order valence-electron chi connectivity index (χ3n) is 2.74. The molecule has 2 rings (SSSR count). The molecule has 2 aromatic rings. The molecule has 0 radical (unpaired) electrons. The monoisotopic (exact) mass is 269 g/mol. The predicted octanol–water partition coefficient (Wildman–Crippen LogP) is 2.54. The first kappa shape index (κ1) is 14.6. The number of hydrogen-bond acceptors (Lipinski definition) is 3. The topological polar surface area (TPSA) is 47.7 Å². The lowest BCUT2D eigenvalue weighted by Crippen LogP contribution is -2.01. The Morgan fingerprint density at radius 1 is 1.33 bits per heavy atom. The van der Waals surface area contributed by atoms with Crippen LogP contribution in [-0.2, 0) is 13.6 Å². The second-order valence-electron chi connectivity index (χ2n) is 4.57. The van der Waals surface area contributed by atoms with Crippen molar-refractivity contribution in [2.24, 2.45) is 7.05 Å². The fourth-order valence-corrected chi connectivity index (χ4v) is 1.67. The summed E-state index contributed by atoms with van der Waals surface area (Å²) in [4.78, 5) is 0. The summed E-state index contributed by atoms with van der Waals surface area (Å²) < 4.78 is 3.78. The molecule has 0 bridgehead atoms. The Morgan fingerprint density at radius 2 is 2.06 bits per heavy atom. The lowest BCUT2D eigenvalue weighted by atomic mass is 10.2. The van der Waals surface area contributed by atoms with Crippen LogP contribution >= 0.6 is 12.4 Å². The van der Waals surface area contributed by atoms with Gasteiger partial charge >= 0.3 is 0 Å². The van der Waals surface area contributed by atoms with E-state index in [-0.39, 0.29) is 12.4 Å². The fourth-order valence-electron chi connectivity index (χ4n) is 1.67. The van der Waals surface area contributed by atoms with Gasteiger partial charge in [0.25, 0.3) is 0 Å². The van der Waals surface area contributed by atoms with Gasteiger partial charge in [-0.1, -0.05) is 0 Å². The highest BCUT2D eigenvalue weighted by Crippen LogP contribution is 2.13. The van der Waals surface area contributed by atoms with Gasteiger partial charge in [0.15, 0.2) is 0 Å². The molecule has 5 nitrogen and oxygen atoms in total. The fraction of sp³-hybridized carbons (Fsp3) is 0.500. The van der Waals surface area contributed by atoms with Crippen LogP contribution in [0.5, 0.6) is 0 Å². The number of aromatic nitrogens is 4. The summed E-state index contributed by atoms with van der Waals surface area (Å²) in [6, 6.07) is 0.404. The summed E-state index contributed by atoms with van der Waals surface area (Å²) in [5, 5.41) is 11.9. The van der Waals surface area contributed by atoms with Gasteiger partial charge in [0.1, 0.15) is 0 Å². The molecule has 0 unspecified atom stereocenters. The van der Waals surface area contributed by atoms with Gasteiger partial charge in [-0.2, -0.15) is 10.2 Å². The summed E-state index contributed by atoms with van der Waals surface area (Å²) in [6.45, 7) is 7.08. The van der Waals surface area contributed by atoms with E-state index in [1.807, 2.05) is 31.0 Å². The Labute approximate surface area is 114 Å². The van der Waals surface area contributed by atoms with E-state index in [9.17, 15) is 0 Å². The molecule has 0 spiro atoms. The number of hydrogen-bond donors (Lipinski definition) is 1. The second kappa shape index (κ2) is 5.91. The molecule has 6 heteroatoms. The average molecular weight is 270 g/mol. The molecule has 1 N–H and O–H groups in total. The van der Waals surface area contributed by atoms with Crippen LogP contribution in [0, 0.1) is 6.92 Å². The SMILES string of the molecule is Cc1nn(C(C)C)cc1CNc1cnn(C)c1.Cl. The predicted molar refractivity (Wildman–Crippen MR) is 75.1 cm³/mol. The average Bonchev–Trinajstić information content (AvgIpc) is 2.82. The van der Waals surface area contributed by atoms with Gasteiger partial charge in [0, 0.05) is 37.6 Å². The molecule has 0 aromatic carbocycles. The van der Waals surface area contributed by atoms with Crippen molar-refractivity contribution < 1.29 is 0 Å². The minimum Gasteiger partial charge on any atom is -0.378 e. The third kappa shape index (κ3) is 3.26. The van der Waals surface area contributed by atoms with Gasteiger partial charge in [0.2, 0.25) is 0 Å². The summed E-state index contributed by atoms with van der Waals surface area (Å²) in [5.74, 6) is 0. The van der Waals surface area contributed by atoms with Crippen LogP contribution in [0.2, 0.25) is 0 Å². The molecule has 0 aliphatic carbocycles. The molecule has 0 atom stereocenters. The first-order valence-corrected chi connectivity index (χ1v) is 5.83. The minimum absolute atomic E-state index is 0. The van der Waals surface area contributed by atoms with Crippen molar-refractivity contribution in [2.75, 3.05) is 5.32 Å². The second-order valence-corrected chi connectivity index (χ2v) is 4.57. The molecule has 0 aliphatic heterocycles. The molecule has 0 saturated carbocycles. The summed E-state index contributed by atoms with van der Waals surface area (Å²) in [6.07, 6.45) is 5.88. The van der Waals surface area contributed by atoms with Crippen molar-refractivity contribution in [1.82, 2.24) is 19.6 Å². The Balaban J connectivity index is 0.00000162. The van der Waals surface area contributed by atoms with Crippen molar-refractivity contribution in [2.45, 2.75) is 33.4 Å². The molecule has 0 saturated heterocycles. The number of nitrogens with zero attached hydrogens (tertiary/aromatic N) is 4. The quantitative estimate of drug-likeness (QED) is 0.928. The number of aryl methyl sites for hydroxylation is 2. The maximum absolute atomic E-state index is 4.48. The molecule has 0 amide bonds. The van der Waals surface area contributed by atoms with Crippen LogP contribution in [0.25, 0.3) is 0 Å². The maximum atomic E-state index is 4.48. The van der Waals surface area contributed by atoms with Gasteiger partial charge in [-0.3, -0.25) is 9.36 Å². The number of anilines is 1. The van der Waals surface area contributed by atoms with Crippen molar-refractivity contribution in [1.29, 1.82) is 0 Å². The van der Waals surface area contributed by atoms with E-state index >= 15 is 0 Å². The summed E-state index contributed by atoms with van der Waals surface area (Å²) in [5.41, 5.74) is 3.34. The molecule has 2 heterocycles. The summed E-state index contributed by atoms with van der Waals surface area (Å²) >= 11 is 0. The highest BCUT2D eigenvalue weighted by atomic mass is 35.5. The smallest absolute Gasteiger partial charge is 0.0729 e. The Kier molecular flexibility index (Phi) is 4.78. The standard InChI is InChI=1S/C12H19N5.ClH/c1-9(2)17-7-11(10(3)15-17)5-13-12-6-14-16(4)8-12;/h6-9,13H,5H2,1-4H3;1H. The first-order chi connectivity index (χ1) is 8.06. The van der Waals surface area contributed by atoms with E-state index in [0.717, 1.165) is 17.9 Å². The van der Waals surface area contributed by atoms with Crippen molar-refractivity contribution in [3.05, 3.63) is 29.8 Å². The molecule has 0 fully saturated rings. The zero-order valence-electron chi connectivity index (χ0n) is 11.2. The number of rotatable bonds is 4. The third-order valence-corrected chi connectivity index (χ3v) is 2.74. The van der Waals surface area contributed by atoms with Crippen LogP contribution in [0.1, 0.15) is 31.1 Å². The molecular formula is C12H20ClN5. The highest BCUT2D eigenvalue weighted by Gasteiger charge is 2.07. The van der Waals surface area contributed by atoms with Crippen molar-refractivity contribution in [3.8, 4) is 0 Å². The van der Waals surface area contributed by atoms with E-state index in [4.69, 9.17) is 0 Å². The number of halogens is 1. The van der Waals surface area contributed by atoms with Crippen LogP contribution < -0.4 is 5.32 Å². The molecule has 0 aliphatic rings. The molecule has 18 heavy (non-hydrogen) atoms. The van der Waals surface area contributed by atoms with Crippen LogP contribution in [0.3, 0.4) is 0 Å². The maximum Gasteiger partial charge on any atom is 0.0729 e. The van der Waals surface area contributed by atoms with E-state index in [1.165, 1.54) is 5.56 Å². The Hall–Kier alpha value is -1.49.